The van der Waals surface area contributed by atoms with Crippen molar-refractivity contribution in [3.63, 3.8) is 0 Å². The van der Waals surface area contributed by atoms with E-state index in [0.29, 0.717) is 22.6 Å². The largest absolute Gasteiger partial charge is 0.469 e. The van der Waals surface area contributed by atoms with Crippen LogP contribution in [-0.4, -0.2) is 15.6 Å². The van der Waals surface area contributed by atoms with Crippen LogP contribution in [0, 0.1) is 6.92 Å². The minimum atomic E-state index is -0.0138. The van der Waals surface area contributed by atoms with Crippen LogP contribution in [0.25, 0.3) is 22.2 Å². The average Bonchev–Trinajstić information content (AvgIpc) is 3.34. The molecule has 4 aromatic rings. The molecule has 29 heavy (non-hydrogen) atoms. The average molecular weight is 385 g/mol. The van der Waals surface area contributed by atoms with Gasteiger partial charge in [-0.1, -0.05) is 24.3 Å². The highest BCUT2D eigenvalue weighted by Crippen LogP contribution is 2.27. The van der Waals surface area contributed by atoms with Crippen LogP contribution in [0.4, 0.5) is 5.69 Å². The topological polar surface area (TPSA) is 60.1 Å². The normalized spacial score (nSPS) is 13.7. The van der Waals surface area contributed by atoms with Crippen LogP contribution in [-0.2, 0) is 19.4 Å². The Morgan fingerprint density at radius 3 is 2.59 bits per heavy atom. The second-order valence-electron chi connectivity index (χ2n) is 7.66. The number of furan rings is 1. The van der Waals surface area contributed by atoms with Crippen molar-refractivity contribution in [2.45, 2.75) is 39.3 Å². The molecule has 0 aliphatic heterocycles. The van der Waals surface area contributed by atoms with Gasteiger partial charge in [0.25, 0.3) is 0 Å². The van der Waals surface area contributed by atoms with E-state index in [0.717, 1.165) is 36.4 Å². The lowest BCUT2D eigenvalue weighted by molar-refractivity contribution is 0.535. The number of hydrogen-bond donors (Lipinski definition) is 1. The van der Waals surface area contributed by atoms with Crippen molar-refractivity contribution >= 4 is 16.7 Å². The fourth-order valence-corrected chi connectivity index (χ4v) is 4.35. The molecule has 0 fully saturated rings. The second kappa shape index (κ2) is 6.92. The van der Waals surface area contributed by atoms with Crippen LogP contribution in [0.2, 0.25) is 0 Å². The van der Waals surface area contributed by atoms with Gasteiger partial charge in [-0.2, -0.15) is 0 Å². The number of aromatic nitrogens is 2. The first kappa shape index (κ1) is 17.7. The summed E-state index contributed by atoms with van der Waals surface area (Å²) in [6.07, 6.45) is 7.32. The third kappa shape index (κ3) is 3.03. The zero-order chi connectivity index (χ0) is 20.0. The van der Waals surface area contributed by atoms with Gasteiger partial charge in [0.2, 0.25) is 0 Å². The Labute approximate surface area is 169 Å². The third-order valence-corrected chi connectivity index (χ3v) is 5.82. The van der Waals surface area contributed by atoms with Crippen LogP contribution >= 0.6 is 0 Å². The summed E-state index contributed by atoms with van der Waals surface area (Å²) in [5, 5.41) is 4.21. The number of nitrogens with zero attached hydrogens (tertiary/aromatic N) is 2. The van der Waals surface area contributed by atoms with Gasteiger partial charge in [0, 0.05) is 29.9 Å². The van der Waals surface area contributed by atoms with Crippen LogP contribution in [0.15, 0.2) is 64.3 Å². The molecule has 1 N–H and O–H groups in total. The smallest absolute Gasteiger partial charge is 0.199 e. The summed E-state index contributed by atoms with van der Waals surface area (Å²) in [6.45, 7) is 4.67. The molecule has 0 saturated carbocycles. The molecule has 1 aliphatic rings. The van der Waals surface area contributed by atoms with Gasteiger partial charge >= 0.3 is 0 Å². The SMILES string of the molecule is CCn1cc(-c2ccoc2C)c(=O)c2cc(NC3Cc4ccccc4C3)cnc21. The van der Waals surface area contributed by atoms with Crippen LogP contribution < -0.4 is 10.7 Å². The number of pyridine rings is 2. The Bertz CT molecular complexity index is 1240. The van der Waals surface area contributed by atoms with Gasteiger partial charge in [-0.3, -0.25) is 4.79 Å². The lowest BCUT2D eigenvalue weighted by Gasteiger charge is -2.15. The Morgan fingerprint density at radius 1 is 1.17 bits per heavy atom. The maximum absolute atomic E-state index is 13.3. The Kier molecular flexibility index (Phi) is 4.23. The molecule has 5 nitrogen and oxygen atoms in total. The van der Waals surface area contributed by atoms with E-state index in [9.17, 15) is 4.79 Å². The predicted octanol–water partition coefficient (Wildman–Crippen LogP) is 4.56. The highest BCUT2D eigenvalue weighted by atomic mass is 16.3. The van der Waals surface area contributed by atoms with Crippen molar-refractivity contribution in [1.82, 2.24) is 9.55 Å². The van der Waals surface area contributed by atoms with Crippen molar-refractivity contribution < 1.29 is 4.42 Å². The molecule has 0 bridgehead atoms. The molecular formula is C24H23N3O2. The van der Waals surface area contributed by atoms with Crippen molar-refractivity contribution in [2.24, 2.45) is 0 Å². The van der Waals surface area contributed by atoms with Gasteiger partial charge in [0.1, 0.15) is 11.4 Å². The summed E-state index contributed by atoms with van der Waals surface area (Å²) in [4.78, 5) is 17.9. The molecule has 0 spiro atoms. The highest BCUT2D eigenvalue weighted by molar-refractivity contribution is 5.84. The maximum Gasteiger partial charge on any atom is 0.199 e. The number of hydrogen-bond acceptors (Lipinski definition) is 4. The molecule has 0 saturated heterocycles. The molecule has 0 unspecified atom stereocenters. The van der Waals surface area contributed by atoms with E-state index in [1.807, 2.05) is 36.0 Å². The summed E-state index contributed by atoms with van der Waals surface area (Å²) in [5.74, 6) is 0.745. The molecule has 3 heterocycles. The highest BCUT2D eigenvalue weighted by Gasteiger charge is 2.21. The van der Waals surface area contributed by atoms with E-state index in [4.69, 9.17) is 4.42 Å². The lowest BCUT2D eigenvalue weighted by Crippen LogP contribution is -2.20. The van der Waals surface area contributed by atoms with Crippen LogP contribution in [0.3, 0.4) is 0 Å². The molecule has 1 aromatic carbocycles. The van der Waals surface area contributed by atoms with Crippen molar-refractivity contribution in [3.8, 4) is 11.1 Å². The summed E-state index contributed by atoms with van der Waals surface area (Å²) in [5.41, 5.74) is 5.86. The minimum Gasteiger partial charge on any atom is -0.469 e. The van der Waals surface area contributed by atoms with E-state index >= 15 is 0 Å². The summed E-state index contributed by atoms with van der Waals surface area (Å²) >= 11 is 0. The van der Waals surface area contributed by atoms with E-state index in [1.54, 1.807) is 6.26 Å². The number of nitrogens with one attached hydrogen (secondary N) is 1. The van der Waals surface area contributed by atoms with Gasteiger partial charge in [-0.05, 0) is 49.9 Å². The minimum absolute atomic E-state index is 0.0138. The fourth-order valence-electron chi connectivity index (χ4n) is 4.35. The van der Waals surface area contributed by atoms with E-state index in [2.05, 4.69) is 41.5 Å². The first-order chi connectivity index (χ1) is 14.1. The molecule has 3 aromatic heterocycles. The standard InChI is InChI=1S/C24H23N3O2/c1-3-27-14-22(20-8-9-29-15(20)2)23(28)21-12-19(13-25-24(21)27)26-18-10-16-6-4-5-7-17(16)11-18/h4-9,12-14,18,26H,3,10-11H2,1-2H3. The predicted molar refractivity (Wildman–Crippen MR) is 115 cm³/mol. The van der Waals surface area contributed by atoms with E-state index in [-0.39, 0.29) is 5.43 Å². The molecule has 0 amide bonds. The van der Waals surface area contributed by atoms with E-state index < -0.39 is 0 Å². The Hall–Kier alpha value is -3.34. The second-order valence-corrected chi connectivity index (χ2v) is 7.66. The fraction of sp³-hybridized carbons (Fsp3) is 0.250. The molecule has 1 aliphatic carbocycles. The number of fused-ring (bicyclic) bond motifs is 2. The molecule has 5 heteroatoms. The summed E-state index contributed by atoms with van der Waals surface area (Å²) in [7, 11) is 0. The number of rotatable bonds is 4. The van der Waals surface area contributed by atoms with Crippen molar-refractivity contribution in [1.29, 1.82) is 0 Å². The number of anilines is 1. The maximum atomic E-state index is 13.3. The van der Waals surface area contributed by atoms with Gasteiger partial charge < -0.3 is 14.3 Å². The zero-order valence-corrected chi connectivity index (χ0v) is 16.6. The Balaban J connectivity index is 1.55. The lowest BCUT2D eigenvalue weighted by atomic mass is 10.1. The Morgan fingerprint density at radius 2 is 1.93 bits per heavy atom. The third-order valence-electron chi connectivity index (χ3n) is 5.82. The first-order valence-electron chi connectivity index (χ1n) is 10.0. The summed E-state index contributed by atoms with van der Waals surface area (Å²) in [6, 6.07) is 12.7. The monoisotopic (exact) mass is 385 g/mol. The van der Waals surface area contributed by atoms with Gasteiger partial charge in [-0.15, -0.1) is 0 Å². The molecular weight excluding hydrogens is 362 g/mol. The van der Waals surface area contributed by atoms with Crippen LogP contribution in [0.5, 0.6) is 0 Å². The zero-order valence-electron chi connectivity index (χ0n) is 16.6. The first-order valence-corrected chi connectivity index (χ1v) is 10.0. The van der Waals surface area contributed by atoms with Gasteiger partial charge in [0.15, 0.2) is 5.43 Å². The summed E-state index contributed by atoms with van der Waals surface area (Å²) < 4.78 is 7.45. The molecule has 5 rings (SSSR count). The molecule has 146 valence electrons. The van der Waals surface area contributed by atoms with Gasteiger partial charge in [0.05, 0.1) is 23.5 Å². The molecule has 0 radical (unpaired) electrons. The van der Waals surface area contributed by atoms with E-state index in [1.165, 1.54) is 11.1 Å². The van der Waals surface area contributed by atoms with Crippen molar-refractivity contribution in [2.75, 3.05) is 5.32 Å². The van der Waals surface area contributed by atoms with Crippen molar-refractivity contribution in [3.05, 3.63) is 82.2 Å². The molecule has 0 atom stereocenters. The van der Waals surface area contributed by atoms with Gasteiger partial charge in [-0.25, -0.2) is 4.98 Å². The number of aryl methyl sites for hydroxylation is 2. The number of benzene rings is 1. The van der Waals surface area contributed by atoms with Crippen LogP contribution in [0.1, 0.15) is 23.8 Å². The quantitative estimate of drug-likeness (QED) is 0.559.